The van der Waals surface area contributed by atoms with Gasteiger partial charge in [0.15, 0.2) is 0 Å². The molecule has 9 heteroatoms. The van der Waals surface area contributed by atoms with Crippen molar-refractivity contribution in [2.24, 2.45) is 0 Å². The lowest BCUT2D eigenvalue weighted by Gasteiger charge is -2.07. The van der Waals surface area contributed by atoms with Crippen LogP contribution in [0.2, 0.25) is 5.02 Å². The number of anilines is 1. The molecular weight excluding hydrogens is 302 g/mol. The molecule has 20 heavy (non-hydrogen) atoms. The van der Waals surface area contributed by atoms with E-state index in [4.69, 9.17) is 17.4 Å². The molecule has 3 N–H and O–H groups in total. The quantitative estimate of drug-likeness (QED) is 0.637. The topological polar surface area (TPSA) is 103 Å². The van der Waals surface area contributed by atoms with Crippen molar-refractivity contribution in [2.45, 2.75) is 5.16 Å². The van der Waals surface area contributed by atoms with Gasteiger partial charge in [0.25, 0.3) is 5.56 Å². The van der Waals surface area contributed by atoms with Crippen LogP contribution in [0.1, 0.15) is 0 Å². The van der Waals surface area contributed by atoms with Gasteiger partial charge in [-0.25, -0.2) is 0 Å². The largest absolute Gasteiger partial charge is 0.334 e. The zero-order chi connectivity index (χ0) is 14.5. The van der Waals surface area contributed by atoms with E-state index in [1.807, 2.05) is 0 Å². The van der Waals surface area contributed by atoms with Gasteiger partial charge < -0.3 is 11.2 Å². The van der Waals surface area contributed by atoms with E-state index in [-0.39, 0.29) is 16.8 Å². The van der Waals surface area contributed by atoms with Crippen LogP contribution in [0.15, 0.2) is 40.4 Å². The molecule has 0 aliphatic heterocycles. The molecule has 0 spiro atoms. The number of rotatable bonds is 4. The molecule has 104 valence electrons. The van der Waals surface area contributed by atoms with Gasteiger partial charge in [0.2, 0.25) is 11.1 Å². The van der Waals surface area contributed by atoms with Gasteiger partial charge in [-0.05, 0) is 12.1 Å². The first-order valence-corrected chi connectivity index (χ1v) is 6.81. The van der Waals surface area contributed by atoms with Crippen molar-refractivity contribution in [3.63, 3.8) is 0 Å². The number of benzene rings is 1. The Balaban J connectivity index is 1.98. The highest BCUT2D eigenvalue weighted by Gasteiger charge is 2.09. The number of nitrogens with two attached hydrogens (primary N) is 1. The number of nitrogen functional groups attached to an aromatic ring is 1. The zero-order valence-corrected chi connectivity index (χ0v) is 11.7. The van der Waals surface area contributed by atoms with E-state index in [9.17, 15) is 9.59 Å². The molecule has 0 aliphatic rings. The molecule has 1 amide bonds. The molecule has 1 aromatic heterocycles. The summed E-state index contributed by atoms with van der Waals surface area (Å²) in [5, 5.41) is 10.4. The van der Waals surface area contributed by atoms with Crippen LogP contribution in [0.3, 0.4) is 0 Å². The smallest absolute Gasteiger partial charge is 0.291 e. The van der Waals surface area contributed by atoms with Crippen molar-refractivity contribution in [1.29, 1.82) is 0 Å². The maximum Gasteiger partial charge on any atom is 0.291 e. The van der Waals surface area contributed by atoms with Crippen molar-refractivity contribution < 1.29 is 4.79 Å². The molecule has 0 saturated heterocycles. The average molecular weight is 312 g/mol. The summed E-state index contributed by atoms with van der Waals surface area (Å²) in [6.45, 7) is 0. The zero-order valence-electron chi connectivity index (χ0n) is 10.1. The normalized spacial score (nSPS) is 10.2. The Kier molecular flexibility index (Phi) is 4.59. The van der Waals surface area contributed by atoms with Crippen molar-refractivity contribution in [3.05, 3.63) is 45.8 Å². The van der Waals surface area contributed by atoms with Crippen LogP contribution in [-0.2, 0) is 4.79 Å². The van der Waals surface area contributed by atoms with Gasteiger partial charge in [-0.1, -0.05) is 35.5 Å². The highest BCUT2D eigenvalue weighted by atomic mass is 35.5. The van der Waals surface area contributed by atoms with E-state index < -0.39 is 5.56 Å². The van der Waals surface area contributed by atoms with E-state index in [1.165, 1.54) is 0 Å². The van der Waals surface area contributed by atoms with Crippen LogP contribution in [0, 0.1) is 0 Å². The summed E-state index contributed by atoms with van der Waals surface area (Å²) in [5.41, 5.74) is 0.0260. The van der Waals surface area contributed by atoms with Crippen molar-refractivity contribution in [1.82, 2.24) is 14.9 Å². The van der Waals surface area contributed by atoms with Crippen molar-refractivity contribution in [2.75, 3.05) is 16.9 Å². The predicted octanol–water partition coefficient (Wildman–Crippen LogP) is 0.736. The number of hydrogen-bond donors (Lipinski definition) is 2. The number of aromatic nitrogens is 3. The number of thioether (sulfide) groups is 1. The molecule has 0 saturated carbocycles. The Morgan fingerprint density at radius 1 is 1.45 bits per heavy atom. The second-order valence-corrected chi connectivity index (χ2v) is 5.00. The Labute approximate surface area is 123 Å². The maximum absolute atomic E-state index is 11.8. The van der Waals surface area contributed by atoms with Gasteiger partial charge in [0.1, 0.15) is 6.20 Å². The van der Waals surface area contributed by atoms with Crippen LogP contribution < -0.4 is 16.7 Å². The first-order valence-electron chi connectivity index (χ1n) is 5.45. The van der Waals surface area contributed by atoms with Gasteiger partial charge in [0, 0.05) is 0 Å². The minimum absolute atomic E-state index is 0.0283. The number of hydrogen-bond acceptors (Lipinski definition) is 6. The summed E-state index contributed by atoms with van der Waals surface area (Å²) in [4.78, 5) is 23.0. The predicted molar refractivity (Wildman–Crippen MR) is 77.2 cm³/mol. The first kappa shape index (κ1) is 14.4. The van der Waals surface area contributed by atoms with E-state index in [0.29, 0.717) is 10.7 Å². The number of nitrogens with zero attached hydrogens (tertiary/aromatic N) is 3. The van der Waals surface area contributed by atoms with E-state index in [2.05, 4.69) is 15.5 Å². The monoisotopic (exact) mass is 311 g/mol. The van der Waals surface area contributed by atoms with Crippen LogP contribution in [-0.4, -0.2) is 26.5 Å². The number of amides is 1. The number of carbonyl (C=O) groups is 1. The summed E-state index contributed by atoms with van der Waals surface area (Å²) < 4.78 is 0.834. The Hall–Kier alpha value is -2.06. The molecule has 7 nitrogen and oxygen atoms in total. The van der Waals surface area contributed by atoms with Gasteiger partial charge in [-0.15, -0.1) is 5.10 Å². The van der Waals surface area contributed by atoms with Gasteiger partial charge >= 0.3 is 0 Å². The van der Waals surface area contributed by atoms with Gasteiger partial charge in [-0.3, -0.25) is 9.59 Å². The molecular formula is C11H10ClN5O2S. The fourth-order valence-corrected chi connectivity index (χ4v) is 2.16. The molecule has 0 unspecified atom stereocenters. The molecule has 1 heterocycles. The van der Waals surface area contributed by atoms with Crippen LogP contribution in [0.4, 0.5) is 5.69 Å². The third kappa shape index (κ3) is 3.49. The molecule has 0 aliphatic carbocycles. The Bertz CT molecular complexity index is 691. The lowest BCUT2D eigenvalue weighted by Crippen LogP contribution is -2.30. The lowest BCUT2D eigenvalue weighted by atomic mass is 10.3. The van der Waals surface area contributed by atoms with Crippen LogP contribution >= 0.6 is 23.4 Å². The van der Waals surface area contributed by atoms with Gasteiger partial charge in [0.05, 0.1) is 16.5 Å². The van der Waals surface area contributed by atoms with Crippen LogP contribution in [0.25, 0.3) is 0 Å². The first-order chi connectivity index (χ1) is 9.58. The summed E-state index contributed by atoms with van der Waals surface area (Å²) in [7, 11) is 0. The molecule has 0 fully saturated rings. The van der Waals surface area contributed by atoms with Crippen molar-refractivity contribution in [3.8, 4) is 0 Å². The molecule has 0 atom stereocenters. The highest BCUT2D eigenvalue weighted by molar-refractivity contribution is 7.99. The van der Waals surface area contributed by atoms with E-state index >= 15 is 0 Å². The molecule has 0 radical (unpaired) electrons. The second kappa shape index (κ2) is 6.40. The maximum atomic E-state index is 11.8. The third-order valence-electron chi connectivity index (χ3n) is 2.24. The number of nitrogens with one attached hydrogen (secondary N) is 1. The molecule has 0 bridgehead atoms. The molecule has 2 rings (SSSR count). The SMILES string of the molecule is Nn1c(SCC(=O)Nc2ccccc2Cl)nncc1=O. The third-order valence-corrected chi connectivity index (χ3v) is 3.51. The summed E-state index contributed by atoms with van der Waals surface area (Å²) in [6, 6.07) is 6.88. The van der Waals surface area contributed by atoms with E-state index in [1.54, 1.807) is 24.3 Å². The minimum atomic E-state index is -0.492. The average Bonchev–Trinajstić information content (AvgIpc) is 2.43. The second-order valence-electron chi connectivity index (χ2n) is 3.65. The molecule has 2 aromatic rings. The Morgan fingerprint density at radius 2 is 2.20 bits per heavy atom. The summed E-state index contributed by atoms with van der Waals surface area (Å²) in [5.74, 6) is 5.21. The number of halogens is 1. The number of para-hydroxylation sites is 1. The molecule has 1 aromatic carbocycles. The van der Waals surface area contributed by atoms with Crippen molar-refractivity contribution >= 4 is 35.0 Å². The fourth-order valence-electron chi connectivity index (χ4n) is 1.31. The van der Waals surface area contributed by atoms with Gasteiger partial charge in [-0.2, -0.15) is 9.77 Å². The standard InChI is InChI=1S/C11H10ClN5O2S/c12-7-3-1-2-4-8(7)15-9(18)6-20-11-16-14-5-10(19)17(11)13/h1-5H,6,13H2,(H,15,18). The van der Waals surface area contributed by atoms with Crippen LogP contribution in [0.5, 0.6) is 0 Å². The summed E-state index contributed by atoms with van der Waals surface area (Å²) in [6.07, 6.45) is 0.994. The van der Waals surface area contributed by atoms with E-state index in [0.717, 1.165) is 22.6 Å². The highest BCUT2D eigenvalue weighted by Crippen LogP contribution is 2.21. The minimum Gasteiger partial charge on any atom is -0.334 e. The fraction of sp³-hybridized carbons (Fsp3) is 0.0909. The number of carbonyl (C=O) groups excluding carboxylic acids is 1. The lowest BCUT2D eigenvalue weighted by molar-refractivity contribution is -0.113. The Morgan fingerprint density at radius 3 is 2.95 bits per heavy atom. The summed E-state index contributed by atoms with van der Waals surface area (Å²) >= 11 is 6.93.